The first kappa shape index (κ1) is 20.1. The molecule has 0 aliphatic heterocycles. The van der Waals surface area contributed by atoms with Crippen LogP contribution in [0.25, 0.3) is 0 Å². The van der Waals surface area contributed by atoms with Crippen LogP contribution in [-0.4, -0.2) is 57.9 Å². The molecule has 136 valence electrons. The van der Waals surface area contributed by atoms with Crippen LogP contribution < -0.4 is 15.4 Å². The third kappa shape index (κ3) is 8.05. The SMILES string of the molecule is CN=C(NCCCN(C)CC(F)(F)F)NCc1ccccc1OC. The van der Waals surface area contributed by atoms with E-state index in [9.17, 15) is 13.2 Å². The highest BCUT2D eigenvalue weighted by Crippen LogP contribution is 2.16. The molecule has 0 saturated heterocycles. The van der Waals surface area contributed by atoms with Gasteiger partial charge >= 0.3 is 6.18 Å². The van der Waals surface area contributed by atoms with Crippen LogP contribution in [0.2, 0.25) is 0 Å². The van der Waals surface area contributed by atoms with Gasteiger partial charge in [-0.15, -0.1) is 0 Å². The molecule has 0 heterocycles. The highest BCUT2D eigenvalue weighted by Gasteiger charge is 2.28. The van der Waals surface area contributed by atoms with Gasteiger partial charge in [-0.1, -0.05) is 18.2 Å². The van der Waals surface area contributed by atoms with E-state index >= 15 is 0 Å². The lowest BCUT2D eigenvalue weighted by atomic mass is 10.2. The van der Waals surface area contributed by atoms with Gasteiger partial charge in [0.15, 0.2) is 5.96 Å². The predicted octanol–water partition coefficient (Wildman–Crippen LogP) is 2.24. The molecule has 8 heteroatoms. The first-order chi connectivity index (χ1) is 11.4. The van der Waals surface area contributed by atoms with Crippen LogP contribution in [0.4, 0.5) is 13.2 Å². The minimum absolute atomic E-state index is 0.357. The van der Waals surface area contributed by atoms with Crippen LogP contribution in [0.1, 0.15) is 12.0 Å². The fourth-order valence-electron chi connectivity index (χ4n) is 2.19. The molecular formula is C16H25F3N4O. The standard InChI is InChI=1S/C16H25F3N4O/c1-20-15(21-9-6-10-23(2)12-16(17,18)19)22-11-13-7-4-5-8-14(13)24-3/h4-5,7-8H,6,9-12H2,1-3H3,(H2,20,21,22). The number of nitrogens with one attached hydrogen (secondary N) is 2. The van der Waals surface area contributed by atoms with E-state index in [-0.39, 0.29) is 0 Å². The van der Waals surface area contributed by atoms with Crippen molar-refractivity contribution in [1.29, 1.82) is 0 Å². The molecule has 0 bridgehead atoms. The molecule has 0 aliphatic carbocycles. The molecule has 0 fully saturated rings. The van der Waals surface area contributed by atoms with Gasteiger partial charge < -0.3 is 15.4 Å². The number of aliphatic imine (C=N–C) groups is 1. The number of halogens is 3. The minimum Gasteiger partial charge on any atom is -0.496 e. The monoisotopic (exact) mass is 346 g/mol. The number of alkyl halides is 3. The Bertz CT molecular complexity index is 520. The maximum Gasteiger partial charge on any atom is 0.401 e. The number of nitrogens with zero attached hydrogens (tertiary/aromatic N) is 2. The summed E-state index contributed by atoms with van der Waals surface area (Å²) in [4.78, 5) is 5.35. The van der Waals surface area contributed by atoms with E-state index in [4.69, 9.17) is 4.74 Å². The van der Waals surface area contributed by atoms with E-state index in [0.29, 0.717) is 32.0 Å². The molecule has 0 radical (unpaired) electrons. The smallest absolute Gasteiger partial charge is 0.401 e. The third-order valence-corrected chi connectivity index (χ3v) is 3.32. The van der Waals surface area contributed by atoms with Crippen molar-refractivity contribution in [3.05, 3.63) is 29.8 Å². The van der Waals surface area contributed by atoms with Crippen LogP contribution in [0.3, 0.4) is 0 Å². The molecule has 1 aromatic carbocycles. The number of guanidine groups is 1. The molecule has 0 saturated carbocycles. The lowest BCUT2D eigenvalue weighted by Gasteiger charge is -2.19. The van der Waals surface area contributed by atoms with E-state index in [1.807, 2.05) is 24.3 Å². The molecule has 0 aliphatic rings. The van der Waals surface area contributed by atoms with Crippen molar-refractivity contribution in [2.24, 2.45) is 4.99 Å². The van der Waals surface area contributed by atoms with Gasteiger partial charge in [-0.05, 0) is 26.1 Å². The van der Waals surface area contributed by atoms with Crippen LogP contribution in [-0.2, 0) is 6.54 Å². The molecular weight excluding hydrogens is 321 g/mol. The van der Waals surface area contributed by atoms with E-state index in [1.54, 1.807) is 14.2 Å². The number of hydrogen-bond donors (Lipinski definition) is 2. The molecule has 0 atom stereocenters. The number of benzene rings is 1. The third-order valence-electron chi connectivity index (χ3n) is 3.32. The molecule has 24 heavy (non-hydrogen) atoms. The van der Waals surface area contributed by atoms with Crippen LogP contribution in [0, 0.1) is 0 Å². The fraction of sp³-hybridized carbons (Fsp3) is 0.562. The summed E-state index contributed by atoms with van der Waals surface area (Å²) in [5.41, 5.74) is 0.993. The Labute approximate surface area is 140 Å². The summed E-state index contributed by atoms with van der Waals surface area (Å²) in [7, 11) is 4.72. The number of ether oxygens (including phenoxy) is 1. The van der Waals surface area contributed by atoms with Crippen molar-refractivity contribution in [2.45, 2.75) is 19.1 Å². The summed E-state index contributed by atoms with van der Waals surface area (Å²) in [6.07, 6.45) is -3.57. The van der Waals surface area contributed by atoms with Crippen LogP contribution in [0.5, 0.6) is 5.75 Å². The number of methoxy groups -OCH3 is 1. The van der Waals surface area contributed by atoms with Gasteiger partial charge in [-0.2, -0.15) is 13.2 Å². The van der Waals surface area contributed by atoms with Gasteiger partial charge in [-0.25, -0.2) is 0 Å². The normalized spacial score (nSPS) is 12.4. The minimum atomic E-state index is -4.16. The van der Waals surface area contributed by atoms with Crippen molar-refractivity contribution in [1.82, 2.24) is 15.5 Å². The predicted molar refractivity (Wildman–Crippen MR) is 89.4 cm³/mol. The van der Waals surface area contributed by atoms with Gasteiger partial charge in [0.2, 0.25) is 0 Å². The lowest BCUT2D eigenvalue weighted by molar-refractivity contribution is -0.143. The summed E-state index contributed by atoms with van der Waals surface area (Å²) in [6.45, 7) is 0.537. The molecule has 0 spiro atoms. The van der Waals surface area contributed by atoms with Crippen molar-refractivity contribution in [2.75, 3.05) is 40.8 Å². The lowest BCUT2D eigenvalue weighted by Crippen LogP contribution is -2.39. The Hall–Kier alpha value is -1.96. The molecule has 1 rings (SSSR count). The van der Waals surface area contributed by atoms with Crippen LogP contribution in [0.15, 0.2) is 29.3 Å². The second-order valence-corrected chi connectivity index (χ2v) is 5.37. The average Bonchev–Trinajstić information content (AvgIpc) is 2.52. The van der Waals surface area contributed by atoms with Crippen LogP contribution >= 0.6 is 0 Å². The van der Waals surface area contributed by atoms with Crippen molar-refractivity contribution in [3.8, 4) is 5.75 Å². The highest BCUT2D eigenvalue weighted by atomic mass is 19.4. The second kappa shape index (κ2) is 10.0. The molecule has 0 amide bonds. The fourth-order valence-corrected chi connectivity index (χ4v) is 2.19. The Morgan fingerprint density at radius 3 is 2.58 bits per heavy atom. The molecule has 5 nitrogen and oxygen atoms in total. The highest BCUT2D eigenvalue weighted by molar-refractivity contribution is 5.79. The molecule has 0 aromatic heterocycles. The Balaban J connectivity index is 2.31. The number of rotatable bonds is 8. The maximum absolute atomic E-state index is 12.2. The Morgan fingerprint density at radius 2 is 1.96 bits per heavy atom. The summed E-state index contributed by atoms with van der Waals surface area (Å²) < 4.78 is 42.0. The van der Waals surface area contributed by atoms with Gasteiger partial charge in [0.05, 0.1) is 13.7 Å². The maximum atomic E-state index is 12.2. The summed E-state index contributed by atoms with van der Waals surface area (Å²) in [5, 5.41) is 6.24. The van der Waals surface area contributed by atoms with Gasteiger partial charge in [-0.3, -0.25) is 9.89 Å². The van der Waals surface area contributed by atoms with Crippen molar-refractivity contribution >= 4 is 5.96 Å². The largest absolute Gasteiger partial charge is 0.496 e. The van der Waals surface area contributed by atoms with E-state index in [0.717, 1.165) is 11.3 Å². The van der Waals surface area contributed by atoms with E-state index < -0.39 is 12.7 Å². The van der Waals surface area contributed by atoms with Gasteiger partial charge in [0, 0.05) is 25.7 Å². The summed E-state index contributed by atoms with van der Waals surface area (Å²) in [5.74, 6) is 1.38. The van der Waals surface area contributed by atoms with Crippen molar-refractivity contribution < 1.29 is 17.9 Å². The molecule has 2 N–H and O–H groups in total. The van der Waals surface area contributed by atoms with Gasteiger partial charge in [0.25, 0.3) is 0 Å². The number of hydrogen-bond acceptors (Lipinski definition) is 3. The topological polar surface area (TPSA) is 48.9 Å². The zero-order chi connectivity index (χ0) is 18.0. The Morgan fingerprint density at radius 1 is 1.25 bits per heavy atom. The van der Waals surface area contributed by atoms with Crippen molar-refractivity contribution in [3.63, 3.8) is 0 Å². The number of para-hydroxylation sites is 1. The second-order valence-electron chi connectivity index (χ2n) is 5.37. The summed E-state index contributed by atoms with van der Waals surface area (Å²) in [6, 6.07) is 7.65. The average molecular weight is 346 g/mol. The first-order valence-electron chi connectivity index (χ1n) is 7.67. The summed E-state index contributed by atoms with van der Waals surface area (Å²) >= 11 is 0. The van der Waals surface area contributed by atoms with E-state index in [2.05, 4.69) is 15.6 Å². The Kier molecular flexibility index (Phi) is 8.39. The quantitative estimate of drug-likeness (QED) is 0.431. The zero-order valence-corrected chi connectivity index (χ0v) is 14.3. The molecule has 1 aromatic rings. The first-order valence-corrected chi connectivity index (χ1v) is 7.67. The van der Waals surface area contributed by atoms with Gasteiger partial charge in [0.1, 0.15) is 5.75 Å². The molecule has 0 unspecified atom stereocenters. The van der Waals surface area contributed by atoms with E-state index in [1.165, 1.54) is 11.9 Å². The zero-order valence-electron chi connectivity index (χ0n) is 14.3.